The van der Waals surface area contributed by atoms with Crippen molar-refractivity contribution in [1.82, 2.24) is 0 Å². The zero-order valence-electron chi connectivity index (χ0n) is 18.9. The number of rotatable bonds is 9. The van der Waals surface area contributed by atoms with Gasteiger partial charge >= 0.3 is 5.97 Å². The topological polar surface area (TPSA) is 71.1 Å². The van der Waals surface area contributed by atoms with E-state index in [0.29, 0.717) is 32.0 Å². The van der Waals surface area contributed by atoms with Crippen molar-refractivity contribution in [2.75, 3.05) is 39.6 Å². The van der Waals surface area contributed by atoms with Gasteiger partial charge in [0.25, 0.3) is 0 Å². The van der Waals surface area contributed by atoms with Crippen LogP contribution in [0.25, 0.3) is 11.1 Å². The molecule has 0 aromatic heterocycles. The molecule has 6 heteroatoms. The molecule has 0 unspecified atom stereocenters. The first-order valence-corrected chi connectivity index (χ1v) is 11.0. The molecular weight excluding hydrogens is 408 g/mol. The van der Waals surface area contributed by atoms with Gasteiger partial charge in [-0.25, -0.2) is 4.79 Å². The predicted octanol–water partition coefficient (Wildman–Crippen LogP) is 4.56. The minimum Gasteiger partial charge on any atom is -0.493 e. The molecule has 2 aromatic carbocycles. The van der Waals surface area contributed by atoms with Crippen LogP contribution in [0.2, 0.25) is 0 Å². The molecule has 0 saturated carbocycles. The van der Waals surface area contributed by atoms with Crippen LogP contribution in [0.15, 0.2) is 48.5 Å². The highest BCUT2D eigenvalue weighted by molar-refractivity contribution is 5.90. The van der Waals surface area contributed by atoms with Crippen molar-refractivity contribution >= 4 is 12.8 Å². The van der Waals surface area contributed by atoms with E-state index in [1.54, 1.807) is 0 Å². The molecule has 6 nitrogen and oxygen atoms in total. The lowest BCUT2D eigenvalue weighted by molar-refractivity contribution is -0.140. The fraction of sp³-hybridized carbons (Fsp3) is 0.462. The Labute approximate surface area is 189 Å². The standard InChI is InChI=1S/C25H30O5.CH2O/c1-3-24(13-27-14-24)17-29-22-11-9-20(10-12-22)19-5-7-21(8-6-19)23(26)30-18-25(4-2)15-28-16-25;1-2/h5-12H,3-4,13-18H2,1-2H3;1H2. The van der Waals surface area contributed by atoms with Crippen LogP contribution in [0.5, 0.6) is 5.75 Å². The maximum atomic E-state index is 12.4. The summed E-state index contributed by atoms with van der Waals surface area (Å²) in [6.45, 7) is 10.3. The van der Waals surface area contributed by atoms with Crippen LogP contribution >= 0.6 is 0 Å². The SMILES string of the molecule is C=O.CCC1(COC(=O)c2ccc(-c3ccc(OCC4(CC)COC4)cc3)cc2)COC1. The van der Waals surface area contributed by atoms with E-state index in [-0.39, 0.29) is 16.8 Å². The second kappa shape index (κ2) is 10.7. The minimum atomic E-state index is -0.283. The number of esters is 1. The molecule has 0 atom stereocenters. The number of carbonyl (C=O) groups excluding carboxylic acids is 2. The molecule has 0 N–H and O–H groups in total. The zero-order chi connectivity index (χ0) is 23.0. The van der Waals surface area contributed by atoms with Crippen molar-refractivity contribution in [2.45, 2.75) is 26.7 Å². The fourth-order valence-electron chi connectivity index (χ4n) is 3.64. The van der Waals surface area contributed by atoms with Crippen molar-refractivity contribution in [3.8, 4) is 16.9 Å². The van der Waals surface area contributed by atoms with E-state index in [2.05, 4.69) is 13.8 Å². The molecule has 2 heterocycles. The van der Waals surface area contributed by atoms with Crippen molar-refractivity contribution in [3.05, 3.63) is 54.1 Å². The van der Waals surface area contributed by atoms with Crippen molar-refractivity contribution < 1.29 is 28.5 Å². The van der Waals surface area contributed by atoms with Gasteiger partial charge in [0.05, 0.1) is 49.4 Å². The molecular formula is C26H32O6. The lowest BCUT2D eigenvalue weighted by Gasteiger charge is -2.40. The smallest absolute Gasteiger partial charge is 0.338 e. The van der Waals surface area contributed by atoms with E-state index < -0.39 is 0 Å². The van der Waals surface area contributed by atoms with Crippen LogP contribution in [0.1, 0.15) is 37.0 Å². The van der Waals surface area contributed by atoms with Gasteiger partial charge in [0.1, 0.15) is 19.1 Å². The fourth-order valence-corrected chi connectivity index (χ4v) is 3.64. The summed E-state index contributed by atoms with van der Waals surface area (Å²) in [7, 11) is 0. The third-order valence-corrected chi connectivity index (χ3v) is 6.50. The van der Waals surface area contributed by atoms with Gasteiger partial charge in [-0.15, -0.1) is 0 Å². The number of carbonyl (C=O) groups is 2. The van der Waals surface area contributed by atoms with E-state index in [4.69, 9.17) is 23.7 Å². The Hall–Kier alpha value is -2.70. The lowest BCUT2D eigenvalue weighted by Crippen LogP contribution is -2.46. The highest BCUT2D eigenvalue weighted by atomic mass is 16.5. The number of ether oxygens (including phenoxy) is 4. The molecule has 2 aromatic rings. The molecule has 0 spiro atoms. The van der Waals surface area contributed by atoms with Crippen LogP contribution in [0.3, 0.4) is 0 Å². The summed E-state index contributed by atoms with van der Waals surface area (Å²) in [4.78, 5) is 20.4. The second-order valence-electron chi connectivity index (χ2n) is 8.66. The predicted molar refractivity (Wildman–Crippen MR) is 122 cm³/mol. The van der Waals surface area contributed by atoms with Gasteiger partial charge < -0.3 is 23.7 Å². The summed E-state index contributed by atoms with van der Waals surface area (Å²) in [6.07, 6.45) is 2.01. The van der Waals surface area contributed by atoms with E-state index in [0.717, 1.165) is 42.9 Å². The van der Waals surface area contributed by atoms with E-state index >= 15 is 0 Å². The maximum absolute atomic E-state index is 12.4. The monoisotopic (exact) mass is 440 g/mol. The van der Waals surface area contributed by atoms with Crippen molar-refractivity contribution in [1.29, 1.82) is 0 Å². The molecule has 2 aliphatic heterocycles. The molecule has 32 heavy (non-hydrogen) atoms. The third-order valence-electron chi connectivity index (χ3n) is 6.50. The molecule has 0 radical (unpaired) electrons. The number of hydrogen-bond acceptors (Lipinski definition) is 6. The maximum Gasteiger partial charge on any atom is 0.338 e. The molecule has 0 amide bonds. The summed E-state index contributed by atoms with van der Waals surface area (Å²) in [5.41, 5.74) is 2.87. The summed E-state index contributed by atoms with van der Waals surface area (Å²) >= 11 is 0. The summed E-state index contributed by atoms with van der Waals surface area (Å²) in [5, 5.41) is 0. The second-order valence-corrected chi connectivity index (χ2v) is 8.66. The van der Waals surface area contributed by atoms with Gasteiger partial charge in [-0.3, -0.25) is 0 Å². The van der Waals surface area contributed by atoms with E-state index in [1.807, 2.05) is 55.3 Å². The lowest BCUT2D eigenvalue weighted by atomic mass is 9.84. The highest BCUT2D eigenvalue weighted by Gasteiger charge is 2.38. The first-order chi connectivity index (χ1) is 15.6. The first-order valence-electron chi connectivity index (χ1n) is 11.0. The first kappa shape index (κ1) is 24.0. The molecule has 2 fully saturated rings. The molecule has 172 valence electrons. The number of hydrogen-bond donors (Lipinski definition) is 0. The Morgan fingerprint density at radius 2 is 1.28 bits per heavy atom. The third kappa shape index (κ3) is 5.37. The normalized spacial score (nSPS) is 17.7. The van der Waals surface area contributed by atoms with Crippen LogP contribution in [-0.4, -0.2) is 52.4 Å². The van der Waals surface area contributed by atoms with Crippen molar-refractivity contribution in [2.24, 2.45) is 10.8 Å². The van der Waals surface area contributed by atoms with Crippen LogP contribution in [0, 0.1) is 10.8 Å². The van der Waals surface area contributed by atoms with E-state index in [1.165, 1.54) is 0 Å². The van der Waals surface area contributed by atoms with E-state index in [9.17, 15) is 4.79 Å². The summed E-state index contributed by atoms with van der Waals surface area (Å²) in [5.74, 6) is 0.582. The quantitative estimate of drug-likeness (QED) is 0.533. The van der Waals surface area contributed by atoms with Crippen LogP contribution in [0.4, 0.5) is 0 Å². The molecule has 2 aliphatic rings. The number of benzene rings is 2. The minimum absolute atomic E-state index is 0.00184. The van der Waals surface area contributed by atoms with Gasteiger partial charge in [-0.05, 0) is 48.2 Å². The highest BCUT2D eigenvalue weighted by Crippen LogP contribution is 2.33. The van der Waals surface area contributed by atoms with Crippen LogP contribution < -0.4 is 4.74 Å². The largest absolute Gasteiger partial charge is 0.493 e. The van der Waals surface area contributed by atoms with Gasteiger partial charge in [-0.2, -0.15) is 0 Å². The average molecular weight is 441 g/mol. The van der Waals surface area contributed by atoms with Gasteiger partial charge in [0.2, 0.25) is 0 Å². The average Bonchev–Trinajstić information content (AvgIpc) is 2.80. The Morgan fingerprint density at radius 3 is 1.72 bits per heavy atom. The molecule has 0 aliphatic carbocycles. The molecule has 2 saturated heterocycles. The zero-order valence-corrected chi connectivity index (χ0v) is 18.9. The Balaban J connectivity index is 0.00000141. The Bertz CT molecular complexity index is 855. The molecule has 0 bridgehead atoms. The summed E-state index contributed by atoms with van der Waals surface area (Å²) < 4.78 is 22.1. The van der Waals surface area contributed by atoms with Gasteiger partial charge in [0.15, 0.2) is 0 Å². The summed E-state index contributed by atoms with van der Waals surface area (Å²) in [6, 6.07) is 15.6. The Morgan fingerprint density at radius 1 is 0.812 bits per heavy atom. The van der Waals surface area contributed by atoms with Gasteiger partial charge in [0, 0.05) is 0 Å². The Kier molecular flexibility index (Phi) is 8.04. The van der Waals surface area contributed by atoms with Crippen LogP contribution in [-0.2, 0) is 19.0 Å². The molecule has 4 rings (SSSR count). The van der Waals surface area contributed by atoms with Gasteiger partial charge in [-0.1, -0.05) is 38.1 Å². The van der Waals surface area contributed by atoms with Crippen molar-refractivity contribution in [3.63, 3.8) is 0 Å².